The van der Waals surface area contributed by atoms with Crippen LogP contribution in [0.25, 0.3) is 0 Å². The summed E-state index contributed by atoms with van der Waals surface area (Å²) in [5, 5.41) is 0. The number of benzene rings is 1. The van der Waals surface area contributed by atoms with Crippen molar-refractivity contribution >= 4 is 17.9 Å². The molecule has 0 aromatic heterocycles. The largest absolute Gasteiger partial charge is 0.459 e. The summed E-state index contributed by atoms with van der Waals surface area (Å²) in [6.07, 6.45) is 2.21. The van der Waals surface area contributed by atoms with Gasteiger partial charge in [0, 0.05) is 25.8 Å². The fourth-order valence-electron chi connectivity index (χ4n) is 3.34. The summed E-state index contributed by atoms with van der Waals surface area (Å²) >= 11 is 0. The molecule has 0 amide bonds. The summed E-state index contributed by atoms with van der Waals surface area (Å²) in [6.45, 7) is 10.1. The third kappa shape index (κ3) is 4.23. The zero-order valence-corrected chi connectivity index (χ0v) is 16.3. The van der Waals surface area contributed by atoms with Crippen LogP contribution in [-0.4, -0.2) is 23.5 Å². The minimum Gasteiger partial charge on any atom is -0.459 e. The second kappa shape index (κ2) is 7.48. The lowest BCUT2D eigenvalue weighted by Gasteiger charge is -2.25. The van der Waals surface area contributed by atoms with E-state index < -0.39 is 17.5 Å². The highest BCUT2D eigenvalue weighted by molar-refractivity contribution is 5.75. The van der Waals surface area contributed by atoms with Crippen molar-refractivity contribution in [2.75, 3.05) is 0 Å². The Kier molecular flexibility index (Phi) is 5.74. The highest BCUT2D eigenvalue weighted by Gasteiger charge is 2.36. The molecule has 0 N–H and O–H groups in total. The van der Waals surface area contributed by atoms with E-state index in [1.807, 2.05) is 27.7 Å². The van der Waals surface area contributed by atoms with Crippen LogP contribution in [0, 0.1) is 20.8 Å². The van der Waals surface area contributed by atoms with Crippen molar-refractivity contribution in [2.24, 2.45) is 0 Å². The molecule has 0 aliphatic carbocycles. The molecule has 6 heteroatoms. The molecule has 1 aliphatic rings. The lowest BCUT2D eigenvalue weighted by molar-refractivity contribution is -0.147. The van der Waals surface area contributed by atoms with Crippen LogP contribution < -0.4 is 9.47 Å². The SMILES string of the molecule is CC(=O)Oc1c(C)c(C)c(OC(C)=O)c(CCC2(C)CCC(=O)O2)c1C. The highest BCUT2D eigenvalue weighted by atomic mass is 16.6. The summed E-state index contributed by atoms with van der Waals surface area (Å²) < 4.78 is 16.3. The topological polar surface area (TPSA) is 78.9 Å². The predicted molar refractivity (Wildman–Crippen MR) is 95.3 cm³/mol. The van der Waals surface area contributed by atoms with Crippen molar-refractivity contribution in [2.45, 2.75) is 72.8 Å². The van der Waals surface area contributed by atoms with Gasteiger partial charge in [-0.2, -0.15) is 0 Å². The average molecular weight is 362 g/mol. The average Bonchev–Trinajstić information content (AvgIpc) is 2.87. The molecule has 1 fully saturated rings. The normalized spacial score (nSPS) is 19.2. The Labute approximate surface area is 153 Å². The standard InChI is InChI=1S/C20H26O6/c1-11-12(2)19(25-15(5)22)16(13(3)18(11)24-14(4)21)7-9-20(6)10-8-17(23)26-20/h7-10H2,1-6H3. The van der Waals surface area contributed by atoms with Gasteiger partial charge in [0.1, 0.15) is 17.1 Å². The van der Waals surface area contributed by atoms with Gasteiger partial charge in [0.05, 0.1) is 0 Å². The molecule has 1 aromatic carbocycles. The minimum atomic E-state index is -0.530. The molecule has 1 aromatic rings. The quantitative estimate of drug-likeness (QED) is 0.589. The van der Waals surface area contributed by atoms with Gasteiger partial charge in [-0.1, -0.05) is 0 Å². The maximum absolute atomic E-state index is 11.6. The summed E-state index contributed by atoms with van der Waals surface area (Å²) in [5.74, 6) is -0.0127. The lowest BCUT2D eigenvalue weighted by atomic mass is 9.89. The Morgan fingerprint density at radius 3 is 2.04 bits per heavy atom. The van der Waals surface area contributed by atoms with Crippen LogP contribution in [0.2, 0.25) is 0 Å². The van der Waals surface area contributed by atoms with Gasteiger partial charge in [0.2, 0.25) is 0 Å². The van der Waals surface area contributed by atoms with Crippen molar-refractivity contribution in [1.29, 1.82) is 0 Å². The molecule has 0 bridgehead atoms. The number of carbonyl (C=O) groups excluding carboxylic acids is 3. The van der Waals surface area contributed by atoms with Gasteiger partial charge in [-0.05, 0) is 63.6 Å². The smallest absolute Gasteiger partial charge is 0.308 e. The molecule has 2 rings (SSSR count). The molecule has 142 valence electrons. The van der Waals surface area contributed by atoms with E-state index in [9.17, 15) is 14.4 Å². The Morgan fingerprint density at radius 1 is 1.00 bits per heavy atom. The second-order valence-corrected chi connectivity index (χ2v) is 7.12. The van der Waals surface area contributed by atoms with E-state index in [4.69, 9.17) is 14.2 Å². The molecular weight excluding hydrogens is 336 g/mol. The molecule has 1 atom stereocenters. The van der Waals surface area contributed by atoms with E-state index in [2.05, 4.69) is 0 Å². The number of hydrogen-bond donors (Lipinski definition) is 0. The van der Waals surface area contributed by atoms with Crippen LogP contribution in [0.4, 0.5) is 0 Å². The Hall–Kier alpha value is -2.37. The van der Waals surface area contributed by atoms with Crippen LogP contribution in [0.5, 0.6) is 11.5 Å². The van der Waals surface area contributed by atoms with E-state index >= 15 is 0 Å². The zero-order chi connectivity index (χ0) is 19.6. The summed E-state index contributed by atoms with van der Waals surface area (Å²) in [5.41, 5.74) is 2.54. The molecule has 0 saturated carbocycles. The molecule has 1 unspecified atom stereocenters. The van der Waals surface area contributed by atoms with Gasteiger partial charge >= 0.3 is 17.9 Å². The third-order valence-corrected chi connectivity index (χ3v) is 4.92. The van der Waals surface area contributed by atoms with Gasteiger partial charge in [0.25, 0.3) is 0 Å². The Morgan fingerprint density at radius 2 is 1.54 bits per heavy atom. The molecule has 6 nitrogen and oxygen atoms in total. The number of ether oxygens (including phenoxy) is 3. The van der Waals surface area contributed by atoms with E-state index in [0.29, 0.717) is 37.2 Å². The monoisotopic (exact) mass is 362 g/mol. The first kappa shape index (κ1) is 19.9. The molecule has 0 radical (unpaired) electrons. The van der Waals surface area contributed by atoms with Crippen LogP contribution in [0.15, 0.2) is 0 Å². The van der Waals surface area contributed by atoms with Gasteiger partial charge in [-0.25, -0.2) is 0 Å². The zero-order valence-electron chi connectivity index (χ0n) is 16.3. The van der Waals surface area contributed by atoms with E-state index in [1.165, 1.54) is 13.8 Å². The van der Waals surface area contributed by atoms with Crippen LogP contribution in [0.1, 0.15) is 62.3 Å². The van der Waals surface area contributed by atoms with Gasteiger partial charge < -0.3 is 14.2 Å². The molecular formula is C20H26O6. The number of rotatable bonds is 5. The third-order valence-electron chi connectivity index (χ3n) is 4.92. The highest BCUT2D eigenvalue weighted by Crippen LogP contribution is 2.40. The Bertz CT molecular complexity index is 764. The fraction of sp³-hybridized carbons (Fsp3) is 0.550. The van der Waals surface area contributed by atoms with Crippen molar-refractivity contribution in [1.82, 2.24) is 0 Å². The second-order valence-electron chi connectivity index (χ2n) is 7.12. The summed E-state index contributed by atoms with van der Waals surface area (Å²) in [7, 11) is 0. The molecule has 1 saturated heterocycles. The fourth-order valence-corrected chi connectivity index (χ4v) is 3.34. The van der Waals surface area contributed by atoms with Gasteiger partial charge in [-0.3, -0.25) is 14.4 Å². The van der Waals surface area contributed by atoms with Crippen LogP contribution in [0.3, 0.4) is 0 Å². The minimum absolute atomic E-state index is 0.190. The van der Waals surface area contributed by atoms with Crippen molar-refractivity contribution in [3.8, 4) is 11.5 Å². The molecule has 0 spiro atoms. The van der Waals surface area contributed by atoms with Crippen LogP contribution >= 0.6 is 0 Å². The first-order chi connectivity index (χ1) is 12.0. The first-order valence-electron chi connectivity index (χ1n) is 8.75. The number of cyclic esters (lactones) is 1. The van der Waals surface area contributed by atoms with E-state index in [-0.39, 0.29) is 5.97 Å². The van der Waals surface area contributed by atoms with Crippen molar-refractivity contribution in [3.05, 3.63) is 22.3 Å². The predicted octanol–water partition coefficient (Wildman–Crippen LogP) is 3.49. The van der Waals surface area contributed by atoms with Crippen LogP contribution in [-0.2, 0) is 25.5 Å². The number of carbonyl (C=O) groups is 3. The maximum Gasteiger partial charge on any atom is 0.308 e. The van der Waals surface area contributed by atoms with Gasteiger partial charge in [-0.15, -0.1) is 0 Å². The summed E-state index contributed by atoms with van der Waals surface area (Å²) in [6, 6.07) is 0. The van der Waals surface area contributed by atoms with E-state index in [0.717, 1.165) is 22.3 Å². The maximum atomic E-state index is 11.6. The van der Waals surface area contributed by atoms with Gasteiger partial charge in [0.15, 0.2) is 0 Å². The van der Waals surface area contributed by atoms with E-state index in [1.54, 1.807) is 0 Å². The molecule has 26 heavy (non-hydrogen) atoms. The first-order valence-corrected chi connectivity index (χ1v) is 8.75. The van der Waals surface area contributed by atoms with Crippen molar-refractivity contribution < 1.29 is 28.6 Å². The van der Waals surface area contributed by atoms with Crippen molar-refractivity contribution in [3.63, 3.8) is 0 Å². The lowest BCUT2D eigenvalue weighted by Crippen LogP contribution is -2.25. The molecule has 1 heterocycles. The molecule has 1 aliphatic heterocycles. The summed E-state index contributed by atoms with van der Waals surface area (Å²) in [4.78, 5) is 34.6. The number of hydrogen-bond acceptors (Lipinski definition) is 6. The number of esters is 3. The Balaban J connectivity index is 2.46.